The Hall–Kier alpha value is -2.30. The Morgan fingerprint density at radius 1 is 1.35 bits per heavy atom. The summed E-state index contributed by atoms with van der Waals surface area (Å²) in [5.41, 5.74) is 0. The molecule has 17 heavy (non-hydrogen) atoms. The van der Waals surface area contributed by atoms with E-state index >= 15 is 0 Å². The van der Waals surface area contributed by atoms with Crippen molar-refractivity contribution in [1.82, 2.24) is 9.97 Å². The molecule has 2 N–H and O–H groups in total. The molecule has 2 rings (SSSR count). The highest BCUT2D eigenvalue weighted by Gasteiger charge is 1.99. The van der Waals surface area contributed by atoms with Gasteiger partial charge in [0.2, 0.25) is 5.95 Å². The van der Waals surface area contributed by atoms with Crippen LogP contribution in [0.5, 0.6) is 0 Å². The van der Waals surface area contributed by atoms with Gasteiger partial charge in [0, 0.05) is 12.7 Å². The van der Waals surface area contributed by atoms with Gasteiger partial charge in [-0.3, -0.25) is 0 Å². The third-order valence-corrected chi connectivity index (χ3v) is 2.08. The predicted octanol–water partition coefficient (Wildman–Crippen LogP) is 2.28. The molecule has 0 atom stereocenters. The Bertz CT molecular complexity index is 467. The predicted molar refractivity (Wildman–Crippen MR) is 66.8 cm³/mol. The molecule has 0 amide bonds. The molecule has 0 fully saturated rings. The van der Waals surface area contributed by atoms with Crippen molar-refractivity contribution in [2.75, 3.05) is 17.2 Å². The van der Waals surface area contributed by atoms with Crippen molar-refractivity contribution < 1.29 is 4.42 Å². The lowest BCUT2D eigenvalue weighted by atomic mass is 10.4. The zero-order valence-electron chi connectivity index (χ0n) is 9.39. The van der Waals surface area contributed by atoms with Crippen molar-refractivity contribution in [1.29, 1.82) is 0 Å². The minimum Gasteiger partial charge on any atom is -0.467 e. The molecule has 0 bridgehead atoms. The molecule has 0 saturated carbocycles. The lowest BCUT2D eigenvalue weighted by Gasteiger charge is -2.05. The van der Waals surface area contributed by atoms with Crippen LogP contribution in [0.15, 0.2) is 47.7 Å². The van der Waals surface area contributed by atoms with Crippen LogP contribution in [-0.2, 0) is 6.54 Å². The molecule has 0 spiro atoms. The third kappa shape index (κ3) is 3.34. The first-order chi connectivity index (χ1) is 8.38. The summed E-state index contributed by atoms with van der Waals surface area (Å²) in [6.07, 6.45) is 5.10. The van der Waals surface area contributed by atoms with Crippen molar-refractivity contribution >= 4 is 11.8 Å². The maximum Gasteiger partial charge on any atom is 0.224 e. The highest BCUT2D eigenvalue weighted by atomic mass is 16.3. The van der Waals surface area contributed by atoms with Crippen LogP contribution in [0.1, 0.15) is 5.76 Å². The Labute approximate surface area is 99.6 Å². The van der Waals surface area contributed by atoms with E-state index in [1.807, 2.05) is 18.2 Å². The van der Waals surface area contributed by atoms with Gasteiger partial charge in [-0.15, -0.1) is 6.58 Å². The summed E-state index contributed by atoms with van der Waals surface area (Å²) in [4.78, 5) is 8.38. The number of aromatic nitrogens is 2. The maximum absolute atomic E-state index is 5.22. The van der Waals surface area contributed by atoms with Crippen LogP contribution in [0.25, 0.3) is 0 Å². The normalized spacial score (nSPS) is 9.88. The summed E-state index contributed by atoms with van der Waals surface area (Å²) in [5, 5.41) is 6.18. The van der Waals surface area contributed by atoms with Crippen LogP contribution in [0.2, 0.25) is 0 Å². The van der Waals surface area contributed by atoms with E-state index in [4.69, 9.17) is 4.42 Å². The molecule has 0 saturated heterocycles. The van der Waals surface area contributed by atoms with Crippen molar-refractivity contribution in [3.05, 3.63) is 49.1 Å². The fourth-order valence-electron chi connectivity index (χ4n) is 1.30. The Balaban J connectivity index is 1.93. The van der Waals surface area contributed by atoms with Gasteiger partial charge >= 0.3 is 0 Å². The van der Waals surface area contributed by atoms with Gasteiger partial charge in [0.15, 0.2) is 0 Å². The molecule has 0 aliphatic carbocycles. The van der Waals surface area contributed by atoms with Gasteiger partial charge < -0.3 is 15.1 Å². The molecular weight excluding hydrogens is 216 g/mol. The summed E-state index contributed by atoms with van der Waals surface area (Å²) < 4.78 is 5.22. The molecule has 0 radical (unpaired) electrons. The second kappa shape index (κ2) is 5.69. The average Bonchev–Trinajstić information content (AvgIpc) is 2.87. The second-order valence-corrected chi connectivity index (χ2v) is 3.37. The third-order valence-electron chi connectivity index (χ3n) is 2.08. The first-order valence-electron chi connectivity index (χ1n) is 5.32. The van der Waals surface area contributed by atoms with Gasteiger partial charge in [-0.25, -0.2) is 4.98 Å². The van der Waals surface area contributed by atoms with Gasteiger partial charge in [0.25, 0.3) is 0 Å². The maximum atomic E-state index is 5.22. The fourth-order valence-corrected chi connectivity index (χ4v) is 1.30. The van der Waals surface area contributed by atoms with E-state index in [2.05, 4.69) is 27.2 Å². The summed E-state index contributed by atoms with van der Waals surface area (Å²) in [6, 6.07) is 5.57. The summed E-state index contributed by atoms with van der Waals surface area (Å²) in [7, 11) is 0. The van der Waals surface area contributed by atoms with Crippen molar-refractivity contribution in [2.45, 2.75) is 6.54 Å². The first-order valence-corrected chi connectivity index (χ1v) is 5.32. The average molecular weight is 230 g/mol. The van der Waals surface area contributed by atoms with Gasteiger partial charge in [-0.05, 0) is 18.2 Å². The Morgan fingerprint density at radius 3 is 3.06 bits per heavy atom. The highest BCUT2D eigenvalue weighted by Crippen LogP contribution is 2.08. The number of hydrogen-bond donors (Lipinski definition) is 2. The van der Waals surface area contributed by atoms with E-state index in [0.29, 0.717) is 19.0 Å². The largest absolute Gasteiger partial charge is 0.467 e. The molecule has 2 aromatic rings. The monoisotopic (exact) mass is 230 g/mol. The zero-order valence-corrected chi connectivity index (χ0v) is 9.39. The molecule has 0 aromatic carbocycles. The standard InChI is InChI=1S/C12H14N4O/c1-2-6-13-12-14-7-5-11(16-12)15-9-10-4-3-8-17-10/h2-5,7-8H,1,6,9H2,(H2,13,14,15,16). The van der Waals surface area contributed by atoms with Crippen LogP contribution < -0.4 is 10.6 Å². The molecular formula is C12H14N4O. The SMILES string of the molecule is C=CCNc1nccc(NCc2ccco2)n1. The highest BCUT2D eigenvalue weighted by molar-refractivity contribution is 5.39. The van der Waals surface area contributed by atoms with Crippen LogP contribution >= 0.6 is 0 Å². The van der Waals surface area contributed by atoms with Gasteiger partial charge in [0.1, 0.15) is 11.6 Å². The molecule has 2 aromatic heterocycles. The number of nitrogens with zero attached hydrogens (tertiary/aromatic N) is 2. The lowest BCUT2D eigenvalue weighted by molar-refractivity contribution is 0.518. The molecule has 0 aliphatic heterocycles. The number of anilines is 2. The lowest BCUT2D eigenvalue weighted by Crippen LogP contribution is -2.06. The summed E-state index contributed by atoms with van der Waals surface area (Å²) in [5.74, 6) is 2.20. The fraction of sp³-hybridized carbons (Fsp3) is 0.167. The summed E-state index contributed by atoms with van der Waals surface area (Å²) >= 11 is 0. The number of rotatable bonds is 6. The van der Waals surface area contributed by atoms with E-state index in [1.165, 1.54) is 0 Å². The van der Waals surface area contributed by atoms with Gasteiger partial charge in [0.05, 0.1) is 12.8 Å². The number of nitrogens with one attached hydrogen (secondary N) is 2. The van der Waals surface area contributed by atoms with Crippen LogP contribution in [0.4, 0.5) is 11.8 Å². The van der Waals surface area contributed by atoms with Crippen molar-refractivity contribution in [2.24, 2.45) is 0 Å². The van der Waals surface area contributed by atoms with E-state index in [1.54, 1.807) is 18.5 Å². The minimum absolute atomic E-state index is 0.578. The van der Waals surface area contributed by atoms with Gasteiger partial charge in [-0.2, -0.15) is 4.98 Å². The topological polar surface area (TPSA) is 63.0 Å². The Morgan fingerprint density at radius 2 is 2.29 bits per heavy atom. The van der Waals surface area contributed by atoms with E-state index in [9.17, 15) is 0 Å². The zero-order chi connectivity index (χ0) is 11.9. The van der Waals surface area contributed by atoms with Crippen LogP contribution in [-0.4, -0.2) is 16.5 Å². The van der Waals surface area contributed by atoms with E-state index in [0.717, 1.165) is 11.6 Å². The molecule has 88 valence electrons. The minimum atomic E-state index is 0.578. The second-order valence-electron chi connectivity index (χ2n) is 3.37. The first kappa shape index (κ1) is 11.2. The van der Waals surface area contributed by atoms with Crippen LogP contribution in [0, 0.1) is 0 Å². The molecule has 0 aliphatic rings. The Kier molecular flexibility index (Phi) is 3.75. The quantitative estimate of drug-likeness (QED) is 0.745. The van der Waals surface area contributed by atoms with Crippen molar-refractivity contribution in [3.63, 3.8) is 0 Å². The smallest absolute Gasteiger partial charge is 0.224 e. The molecule has 2 heterocycles. The van der Waals surface area contributed by atoms with E-state index in [-0.39, 0.29) is 0 Å². The number of furan rings is 1. The van der Waals surface area contributed by atoms with Crippen LogP contribution in [0.3, 0.4) is 0 Å². The molecule has 0 unspecified atom stereocenters. The van der Waals surface area contributed by atoms with Crippen molar-refractivity contribution in [3.8, 4) is 0 Å². The molecule has 5 heteroatoms. The number of hydrogen-bond acceptors (Lipinski definition) is 5. The van der Waals surface area contributed by atoms with Gasteiger partial charge in [-0.1, -0.05) is 6.08 Å². The summed E-state index contributed by atoms with van der Waals surface area (Å²) in [6.45, 7) is 4.86. The van der Waals surface area contributed by atoms with E-state index < -0.39 is 0 Å². The molecule has 5 nitrogen and oxygen atoms in total.